The highest BCUT2D eigenvalue weighted by Gasteiger charge is 2.08. The maximum atomic E-state index is 5.27. The van der Waals surface area contributed by atoms with Gasteiger partial charge in [-0.2, -0.15) is 4.98 Å². The molecule has 0 fully saturated rings. The van der Waals surface area contributed by atoms with Crippen LogP contribution in [-0.4, -0.2) is 10.1 Å². The first-order valence-corrected chi connectivity index (χ1v) is 7.06. The zero-order valence-corrected chi connectivity index (χ0v) is 11.9. The normalized spacial score (nSPS) is 10.5. The molecule has 0 aliphatic carbocycles. The Bertz CT molecular complexity index is 690. The zero-order valence-electron chi connectivity index (χ0n) is 11.9. The lowest BCUT2D eigenvalue weighted by Crippen LogP contribution is -1.99. The molecule has 0 amide bonds. The molecule has 0 unspecified atom stereocenters. The molecule has 0 aliphatic heterocycles. The van der Waals surface area contributed by atoms with Crippen LogP contribution in [0.25, 0.3) is 11.4 Å². The molecular formula is C17H17N3O. The van der Waals surface area contributed by atoms with Gasteiger partial charge in [0.25, 0.3) is 0 Å². The van der Waals surface area contributed by atoms with Crippen LogP contribution >= 0.6 is 0 Å². The Balaban J connectivity index is 1.68. The van der Waals surface area contributed by atoms with E-state index in [1.807, 2.05) is 42.5 Å². The average molecular weight is 279 g/mol. The summed E-state index contributed by atoms with van der Waals surface area (Å²) in [6.07, 6.45) is 1.03. The summed E-state index contributed by atoms with van der Waals surface area (Å²) in [5.41, 5.74) is 3.31. The van der Waals surface area contributed by atoms with Crippen LogP contribution in [0.15, 0.2) is 59.1 Å². The number of aryl methyl sites for hydroxylation is 1. The molecule has 1 aromatic heterocycles. The Labute approximate surface area is 123 Å². The predicted molar refractivity (Wildman–Crippen MR) is 82.9 cm³/mol. The van der Waals surface area contributed by atoms with E-state index in [0.717, 1.165) is 17.7 Å². The summed E-state index contributed by atoms with van der Waals surface area (Å²) in [5, 5.41) is 7.28. The van der Waals surface area contributed by atoms with Crippen molar-refractivity contribution >= 4 is 5.69 Å². The molecule has 2 aromatic carbocycles. The third-order valence-corrected chi connectivity index (χ3v) is 3.31. The molecule has 0 bridgehead atoms. The minimum atomic E-state index is 0.518. The lowest BCUT2D eigenvalue weighted by molar-refractivity contribution is 0.384. The summed E-state index contributed by atoms with van der Waals surface area (Å²) >= 11 is 0. The molecule has 21 heavy (non-hydrogen) atoms. The van der Waals surface area contributed by atoms with Crippen LogP contribution in [0.2, 0.25) is 0 Å². The fourth-order valence-corrected chi connectivity index (χ4v) is 2.07. The van der Waals surface area contributed by atoms with Crippen molar-refractivity contribution in [1.82, 2.24) is 10.1 Å². The van der Waals surface area contributed by atoms with Crippen molar-refractivity contribution in [2.75, 3.05) is 5.32 Å². The Morgan fingerprint density at radius 1 is 1.00 bits per heavy atom. The first-order chi connectivity index (χ1) is 10.3. The van der Waals surface area contributed by atoms with E-state index in [0.29, 0.717) is 18.3 Å². The van der Waals surface area contributed by atoms with Gasteiger partial charge in [-0.1, -0.05) is 54.5 Å². The van der Waals surface area contributed by atoms with Crippen molar-refractivity contribution in [1.29, 1.82) is 0 Å². The molecular weight excluding hydrogens is 262 g/mol. The van der Waals surface area contributed by atoms with Crippen molar-refractivity contribution in [3.05, 3.63) is 66.1 Å². The maximum absolute atomic E-state index is 5.27. The Morgan fingerprint density at radius 2 is 1.76 bits per heavy atom. The number of anilines is 1. The fourth-order valence-electron chi connectivity index (χ4n) is 2.07. The van der Waals surface area contributed by atoms with Crippen molar-refractivity contribution in [3.63, 3.8) is 0 Å². The monoisotopic (exact) mass is 279 g/mol. The highest BCUT2D eigenvalue weighted by molar-refractivity contribution is 5.54. The number of rotatable bonds is 5. The largest absolute Gasteiger partial charge is 0.376 e. The van der Waals surface area contributed by atoms with Gasteiger partial charge in [0, 0.05) is 11.3 Å². The zero-order chi connectivity index (χ0) is 14.5. The van der Waals surface area contributed by atoms with E-state index in [1.165, 1.54) is 5.56 Å². The number of aromatic nitrogens is 2. The van der Waals surface area contributed by atoms with E-state index in [1.54, 1.807) is 0 Å². The summed E-state index contributed by atoms with van der Waals surface area (Å²) < 4.78 is 5.27. The van der Waals surface area contributed by atoms with E-state index in [2.05, 4.69) is 34.5 Å². The number of hydrogen-bond acceptors (Lipinski definition) is 4. The van der Waals surface area contributed by atoms with Crippen LogP contribution in [0, 0.1) is 0 Å². The molecule has 4 heteroatoms. The van der Waals surface area contributed by atoms with Crippen LogP contribution in [0.5, 0.6) is 0 Å². The molecule has 0 aliphatic rings. The van der Waals surface area contributed by atoms with Crippen molar-refractivity contribution in [2.24, 2.45) is 0 Å². The Kier molecular flexibility index (Phi) is 3.96. The van der Waals surface area contributed by atoms with Crippen LogP contribution in [0.1, 0.15) is 18.4 Å². The van der Waals surface area contributed by atoms with Crippen LogP contribution in [0.3, 0.4) is 0 Å². The van der Waals surface area contributed by atoms with Gasteiger partial charge in [-0.15, -0.1) is 0 Å². The summed E-state index contributed by atoms with van der Waals surface area (Å²) in [6.45, 7) is 2.65. The van der Waals surface area contributed by atoms with Gasteiger partial charge in [0.05, 0.1) is 6.54 Å². The van der Waals surface area contributed by atoms with E-state index in [4.69, 9.17) is 4.52 Å². The molecule has 0 saturated carbocycles. The molecule has 0 radical (unpaired) electrons. The van der Waals surface area contributed by atoms with Crippen molar-refractivity contribution in [2.45, 2.75) is 19.9 Å². The molecule has 0 spiro atoms. The third-order valence-electron chi connectivity index (χ3n) is 3.31. The Hall–Kier alpha value is -2.62. The first-order valence-electron chi connectivity index (χ1n) is 7.06. The number of hydrogen-bond donors (Lipinski definition) is 1. The summed E-state index contributed by atoms with van der Waals surface area (Å²) in [5.74, 6) is 1.20. The van der Waals surface area contributed by atoms with Gasteiger partial charge in [0.15, 0.2) is 0 Å². The second-order valence-electron chi connectivity index (χ2n) is 4.78. The molecule has 106 valence electrons. The second-order valence-corrected chi connectivity index (χ2v) is 4.78. The molecule has 3 aromatic rings. The van der Waals surface area contributed by atoms with Crippen LogP contribution in [-0.2, 0) is 13.0 Å². The molecule has 1 heterocycles. The smallest absolute Gasteiger partial charge is 0.246 e. The van der Waals surface area contributed by atoms with E-state index < -0.39 is 0 Å². The molecule has 3 rings (SSSR count). The van der Waals surface area contributed by atoms with Gasteiger partial charge < -0.3 is 9.84 Å². The third kappa shape index (κ3) is 3.28. The number of benzene rings is 2. The SMILES string of the molecule is CCc1ccc(-c2noc(CNc3ccccc3)n2)cc1. The maximum Gasteiger partial charge on any atom is 0.246 e. The highest BCUT2D eigenvalue weighted by Crippen LogP contribution is 2.17. The van der Waals surface area contributed by atoms with E-state index in [9.17, 15) is 0 Å². The minimum Gasteiger partial charge on any atom is -0.376 e. The lowest BCUT2D eigenvalue weighted by Gasteiger charge is -2.01. The summed E-state index contributed by atoms with van der Waals surface area (Å²) in [6, 6.07) is 18.2. The summed E-state index contributed by atoms with van der Waals surface area (Å²) in [7, 11) is 0. The predicted octanol–water partition coefficient (Wildman–Crippen LogP) is 3.91. The standard InChI is InChI=1S/C17H17N3O/c1-2-13-8-10-14(11-9-13)17-19-16(21-20-17)12-18-15-6-4-3-5-7-15/h3-11,18H,2,12H2,1H3. The van der Waals surface area contributed by atoms with Gasteiger partial charge in [0.1, 0.15) is 0 Å². The second kappa shape index (κ2) is 6.22. The topological polar surface area (TPSA) is 51.0 Å². The molecule has 1 N–H and O–H groups in total. The van der Waals surface area contributed by atoms with E-state index in [-0.39, 0.29) is 0 Å². The van der Waals surface area contributed by atoms with Gasteiger partial charge in [-0.25, -0.2) is 0 Å². The minimum absolute atomic E-state index is 0.518. The van der Waals surface area contributed by atoms with Crippen LogP contribution in [0.4, 0.5) is 5.69 Å². The summed E-state index contributed by atoms with van der Waals surface area (Å²) in [4.78, 5) is 4.41. The number of para-hydroxylation sites is 1. The Morgan fingerprint density at radius 3 is 2.48 bits per heavy atom. The first kappa shape index (κ1) is 13.4. The number of nitrogens with one attached hydrogen (secondary N) is 1. The molecule has 0 saturated heterocycles. The van der Waals surface area contributed by atoms with Gasteiger partial charge >= 0.3 is 0 Å². The van der Waals surface area contributed by atoms with Crippen molar-refractivity contribution in [3.8, 4) is 11.4 Å². The molecule has 0 atom stereocenters. The van der Waals surface area contributed by atoms with Gasteiger partial charge in [-0.3, -0.25) is 0 Å². The average Bonchev–Trinajstić information content (AvgIpc) is 3.03. The van der Waals surface area contributed by atoms with Gasteiger partial charge in [0.2, 0.25) is 11.7 Å². The number of nitrogens with zero attached hydrogens (tertiary/aromatic N) is 2. The van der Waals surface area contributed by atoms with Gasteiger partial charge in [-0.05, 0) is 24.1 Å². The fraction of sp³-hybridized carbons (Fsp3) is 0.176. The van der Waals surface area contributed by atoms with Crippen molar-refractivity contribution < 1.29 is 4.52 Å². The van der Waals surface area contributed by atoms with Crippen LogP contribution < -0.4 is 5.32 Å². The lowest BCUT2D eigenvalue weighted by atomic mass is 10.1. The quantitative estimate of drug-likeness (QED) is 0.769. The molecule has 4 nitrogen and oxygen atoms in total. The van der Waals surface area contributed by atoms with E-state index >= 15 is 0 Å². The highest BCUT2D eigenvalue weighted by atomic mass is 16.5.